The lowest BCUT2D eigenvalue weighted by molar-refractivity contribution is 0.0696. The molecule has 2 aromatic carbocycles. The first-order valence-corrected chi connectivity index (χ1v) is 10.5. The molecule has 1 aliphatic heterocycles. The van der Waals surface area contributed by atoms with E-state index in [1.54, 1.807) is 23.1 Å². The molecule has 1 fully saturated rings. The van der Waals surface area contributed by atoms with Crippen LogP contribution in [0.5, 0.6) is 0 Å². The third kappa shape index (κ3) is 3.94. The Labute approximate surface area is 187 Å². The molecule has 2 aromatic heterocycles. The molecule has 5 rings (SSSR count). The van der Waals surface area contributed by atoms with Crippen LogP contribution < -0.4 is 10.5 Å². The summed E-state index contributed by atoms with van der Waals surface area (Å²) in [7, 11) is 0. The van der Waals surface area contributed by atoms with E-state index < -0.39 is 0 Å². The summed E-state index contributed by atoms with van der Waals surface area (Å²) in [5, 5.41) is 5.06. The van der Waals surface area contributed by atoms with Crippen LogP contribution in [0.1, 0.15) is 16.5 Å². The van der Waals surface area contributed by atoms with Crippen molar-refractivity contribution in [3.63, 3.8) is 0 Å². The van der Waals surface area contributed by atoms with E-state index in [0.29, 0.717) is 42.1 Å². The van der Waals surface area contributed by atoms with Gasteiger partial charge in [0, 0.05) is 36.9 Å². The van der Waals surface area contributed by atoms with Crippen LogP contribution in [0, 0.1) is 0 Å². The number of anilines is 1. The molecule has 0 unspecified atom stereocenters. The van der Waals surface area contributed by atoms with Gasteiger partial charge in [-0.2, -0.15) is 4.98 Å². The van der Waals surface area contributed by atoms with Gasteiger partial charge >= 0.3 is 11.8 Å². The molecule has 0 N–H and O–H groups in total. The normalized spacial score (nSPS) is 14.2. The van der Waals surface area contributed by atoms with Crippen LogP contribution in [0.2, 0.25) is 5.02 Å². The van der Waals surface area contributed by atoms with Crippen LogP contribution in [-0.2, 0) is 6.54 Å². The Morgan fingerprint density at radius 3 is 2.69 bits per heavy atom. The number of halogens is 1. The molecule has 9 nitrogen and oxygen atoms in total. The third-order valence-electron chi connectivity index (χ3n) is 5.43. The fourth-order valence-electron chi connectivity index (χ4n) is 3.75. The minimum absolute atomic E-state index is 0.0655. The molecule has 0 radical (unpaired) electrons. The van der Waals surface area contributed by atoms with Crippen molar-refractivity contribution in [1.82, 2.24) is 24.6 Å². The molecular formula is C22H19ClN6O3. The number of fused-ring (bicyclic) bond motifs is 1. The summed E-state index contributed by atoms with van der Waals surface area (Å²) < 4.78 is 6.58. The number of piperazine rings is 1. The number of carbonyl (C=O) groups is 1. The summed E-state index contributed by atoms with van der Waals surface area (Å²) in [5.74, 6) is -0.165. The Kier molecular flexibility index (Phi) is 5.32. The molecule has 0 saturated carbocycles. The molecule has 0 atom stereocenters. The van der Waals surface area contributed by atoms with Gasteiger partial charge in [-0.05, 0) is 30.3 Å². The van der Waals surface area contributed by atoms with Gasteiger partial charge in [-0.1, -0.05) is 35.0 Å². The highest BCUT2D eigenvalue weighted by molar-refractivity contribution is 6.30. The molecule has 0 bridgehead atoms. The van der Waals surface area contributed by atoms with E-state index in [2.05, 4.69) is 20.0 Å². The number of hydrogen-bond donors (Lipinski definition) is 0. The molecule has 1 aliphatic rings. The number of hydrogen-bond acceptors (Lipinski definition) is 7. The maximum absolute atomic E-state index is 12.8. The molecule has 32 heavy (non-hydrogen) atoms. The second-order valence-corrected chi connectivity index (χ2v) is 7.91. The minimum Gasteiger partial charge on any atom is -0.368 e. The molecule has 10 heteroatoms. The van der Waals surface area contributed by atoms with Crippen molar-refractivity contribution >= 4 is 34.1 Å². The van der Waals surface area contributed by atoms with E-state index in [-0.39, 0.29) is 29.7 Å². The van der Waals surface area contributed by atoms with Crippen molar-refractivity contribution in [2.75, 3.05) is 31.1 Å². The van der Waals surface area contributed by atoms with Gasteiger partial charge in [0.2, 0.25) is 0 Å². The standard InChI is InChI=1S/C22H19ClN6O3/c23-15-4-3-5-16(12-15)27-8-10-28(11-9-27)22(31)20-25-19(26-32-20)13-29-14-24-18-7-2-1-6-17(18)21(29)30/h1-7,12,14H,8-11,13H2. The lowest BCUT2D eigenvalue weighted by Crippen LogP contribution is -2.48. The highest BCUT2D eigenvalue weighted by Gasteiger charge is 2.26. The van der Waals surface area contributed by atoms with Crippen molar-refractivity contribution in [2.24, 2.45) is 0 Å². The summed E-state index contributed by atoms with van der Waals surface area (Å²) in [5.41, 5.74) is 1.44. The van der Waals surface area contributed by atoms with Crippen molar-refractivity contribution in [3.05, 3.63) is 81.9 Å². The van der Waals surface area contributed by atoms with E-state index in [1.807, 2.05) is 30.3 Å². The topological polar surface area (TPSA) is 97.4 Å². The number of amides is 1. The number of benzene rings is 2. The quantitative estimate of drug-likeness (QED) is 0.471. The minimum atomic E-state index is -0.321. The second-order valence-electron chi connectivity index (χ2n) is 7.47. The largest absolute Gasteiger partial charge is 0.368 e. The zero-order valence-corrected chi connectivity index (χ0v) is 17.8. The Morgan fingerprint density at radius 2 is 1.88 bits per heavy atom. The van der Waals surface area contributed by atoms with Crippen molar-refractivity contribution in [1.29, 1.82) is 0 Å². The van der Waals surface area contributed by atoms with E-state index in [0.717, 1.165) is 5.69 Å². The van der Waals surface area contributed by atoms with Gasteiger partial charge in [-0.15, -0.1) is 0 Å². The monoisotopic (exact) mass is 450 g/mol. The van der Waals surface area contributed by atoms with E-state index in [1.165, 1.54) is 10.9 Å². The average Bonchev–Trinajstić information content (AvgIpc) is 3.29. The van der Waals surface area contributed by atoms with Gasteiger partial charge < -0.3 is 14.3 Å². The molecule has 1 saturated heterocycles. The fourth-order valence-corrected chi connectivity index (χ4v) is 3.94. The first-order chi connectivity index (χ1) is 15.6. The molecule has 1 amide bonds. The van der Waals surface area contributed by atoms with Crippen LogP contribution >= 0.6 is 11.6 Å². The van der Waals surface area contributed by atoms with Gasteiger partial charge in [0.15, 0.2) is 5.82 Å². The number of rotatable bonds is 4. The van der Waals surface area contributed by atoms with Crippen LogP contribution in [0.3, 0.4) is 0 Å². The van der Waals surface area contributed by atoms with Crippen molar-refractivity contribution in [2.45, 2.75) is 6.54 Å². The van der Waals surface area contributed by atoms with Crippen molar-refractivity contribution < 1.29 is 9.32 Å². The highest BCUT2D eigenvalue weighted by atomic mass is 35.5. The number of para-hydroxylation sites is 1. The zero-order valence-electron chi connectivity index (χ0n) is 17.0. The Hall–Kier alpha value is -3.72. The van der Waals surface area contributed by atoms with Crippen LogP contribution in [0.15, 0.2) is 64.2 Å². The van der Waals surface area contributed by atoms with Crippen LogP contribution in [0.25, 0.3) is 10.9 Å². The summed E-state index contributed by atoms with van der Waals surface area (Å²) in [6.07, 6.45) is 1.44. The van der Waals surface area contributed by atoms with E-state index in [9.17, 15) is 9.59 Å². The number of aromatic nitrogens is 4. The molecular weight excluding hydrogens is 432 g/mol. The lowest BCUT2D eigenvalue weighted by Gasteiger charge is -2.35. The fraction of sp³-hybridized carbons (Fsp3) is 0.227. The van der Waals surface area contributed by atoms with Gasteiger partial charge in [0.25, 0.3) is 5.56 Å². The zero-order chi connectivity index (χ0) is 22.1. The summed E-state index contributed by atoms with van der Waals surface area (Å²) in [6.45, 7) is 2.46. The van der Waals surface area contributed by atoms with Gasteiger partial charge in [-0.3, -0.25) is 14.2 Å². The van der Waals surface area contributed by atoms with Gasteiger partial charge in [0.1, 0.15) is 0 Å². The highest BCUT2D eigenvalue weighted by Crippen LogP contribution is 2.21. The lowest BCUT2D eigenvalue weighted by atomic mass is 10.2. The third-order valence-corrected chi connectivity index (χ3v) is 5.67. The summed E-state index contributed by atoms with van der Waals surface area (Å²) in [6, 6.07) is 14.8. The number of nitrogens with zero attached hydrogens (tertiary/aromatic N) is 6. The van der Waals surface area contributed by atoms with Crippen LogP contribution in [0.4, 0.5) is 5.69 Å². The summed E-state index contributed by atoms with van der Waals surface area (Å²) >= 11 is 6.08. The Morgan fingerprint density at radius 1 is 1.06 bits per heavy atom. The predicted octanol–water partition coefficient (Wildman–Crippen LogP) is 2.44. The Balaban J connectivity index is 1.26. The molecule has 0 spiro atoms. The van der Waals surface area contributed by atoms with Gasteiger partial charge in [0.05, 0.1) is 23.8 Å². The Bertz CT molecular complexity index is 1340. The molecule has 3 heterocycles. The predicted molar refractivity (Wildman–Crippen MR) is 119 cm³/mol. The summed E-state index contributed by atoms with van der Waals surface area (Å²) in [4.78, 5) is 37.8. The first-order valence-electron chi connectivity index (χ1n) is 10.1. The van der Waals surface area contributed by atoms with E-state index >= 15 is 0 Å². The molecule has 0 aliphatic carbocycles. The first kappa shape index (κ1) is 20.2. The molecule has 162 valence electrons. The smallest absolute Gasteiger partial charge is 0.316 e. The van der Waals surface area contributed by atoms with Crippen molar-refractivity contribution in [3.8, 4) is 0 Å². The SMILES string of the molecule is O=C(c1nc(Cn2cnc3ccccc3c2=O)no1)N1CCN(c2cccc(Cl)c2)CC1. The van der Waals surface area contributed by atoms with E-state index in [4.69, 9.17) is 16.1 Å². The van der Waals surface area contributed by atoms with Crippen LogP contribution in [-0.4, -0.2) is 56.7 Å². The molecule has 4 aromatic rings. The number of carbonyl (C=O) groups excluding carboxylic acids is 1. The van der Waals surface area contributed by atoms with Gasteiger partial charge in [-0.25, -0.2) is 4.98 Å². The average molecular weight is 451 g/mol. The second kappa shape index (κ2) is 8.43. The maximum atomic E-state index is 12.8. The maximum Gasteiger partial charge on any atom is 0.316 e.